The van der Waals surface area contributed by atoms with E-state index in [2.05, 4.69) is 10.6 Å². The standard InChI is InChI=1S/C17H23N3O6/c1-4-26-16(22)9-18-17(23)19-11-7-15(21)20(10-11)12-5-6-13(24-2)14(8-12)25-3/h5-6,8,11H,4,7,9-10H2,1-3H3,(H2,18,19,23)/t11-/m1/s1. The van der Waals surface area contributed by atoms with Crippen LogP contribution in [-0.2, 0) is 14.3 Å². The molecule has 0 aliphatic carbocycles. The molecule has 0 unspecified atom stereocenters. The maximum Gasteiger partial charge on any atom is 0.325 e. The lowest BCUT2D eigenvalue weighted by Crippen LogP contribution is -2.45. The normalized spacial score (nSPS) is 16.2. The fourth-order valence-corrected chi connectivity index (χ4v) is 2.65. The van der Waals surface area contributed by atoms with Crippen molar-refractivity contribution in [3.63, 3.8) is 0 Å². The molecule has 0 saturated carbocycles. The summed E-state index contributed by atoms with van der Waals surface area (Å²) in [6.07, 6.45) is 0.168. The topological polar surface area (TPSA) is 106 Å². The van der Waals surface area contributed by atoms with Crippen molar-refractivity contribution < 1.29 is 28.6 Å². The van der Waals surface area contributed by atoms with Crippen molar-refractivity contribution in [3.8, 4) is 11.5 Å². The lowest BCUT2D eigenvalue weighted by atomic mass is 10.2. The summed E-state index contributed by atoms with van der Waals surface area (Å²) >= 11 is 0. The number of carbonyl (C=O) groups excluding carboxylic acids is 3. The van der Waals surface area contributed by atoms with Gasteiger partial charge in [-0.05, 0) is 19.1 Å². The first kappa shape index (κ1) is 19.4. The molecule has 1 atom stereocenters. The summed E-state index contributed by atoms with van der Waals surface area (Å²) in [6.45, 7) is 2.03. The zero-order valence-electron chi connectivity index (χ0n) is 15.0. The number of benzene rings is 1. The van der Waals surface area contributed by atoms with Crippen molar-refractivity contribution in [1.29, 1.82) is 0 Å². The number of ether oxygens (including phenoxy) is 3. The Bertz CT molecular complexity index is 678. The van der Waals surface area contributed by atoms with Crippen molar-refractivity contribution in [3.05, 3.63) is 18.2 Å². The summed E-state index contributed by atoms with van der Waals surface area (Å²) in [4.78, 5) is 36.9. The van der Waals surface area contributed by atoms with Gasteiger partial charge in [-0.2, -0.15) is 0 Å². The van der Waals surface area contributed by atoms with Gasteiger partial charge in [-0.3, -0.25) is 9.59 Å². The van der Waals surface area contributed by atoms with E-state index in [1.807, 2.05) is 0 Å². The third-order valence-electron chi connectivity index (χ3n) is 3.84. The third kappa shape index (κ3) is 4.78. The van der Waals surface area contributed by atoms with E-state index in [0.29, 0.717) is 23.7 Å². The summed E-state index contributed by atoms with van der Waals surface area (Å²) in [5.41, 5.74) is 0.656. The van der Waals surface area contributed by atoms with Crippen LogP contribution < -0.4 is 25.0 Å². The van der Waals surface area contributed by atoms with E-state index in [9.17, 15) is 14.4 Å². The SMILES string of the molecule is CCOC(=O)CNC(=O)N[C@@H]1CC(=O)N(c2ccc(OC)c(OC)c2)C1. The van der Waals surface area contributed by atoms with Crippen LogP contribution in [0.15, 0.2) is 18.2 Å². The van der Waals surface area contributed by atoms with Gasteiger partial charge in [-0.15, -0.1) is 0 Å². The van der Waals surface area contributed by atoms with Gasteiger partial charge in [0.2, 0.25) is 5.91 Å². The molecule has 1 heterocycles. The molecule has 9 heteroatoms. The van der Waals surface area contributed by atoms with Crippen molar-refractivity contribution in [1.82, 2.24) is 10.6 Å². The van der Waals surface area contributed by atoms with Crippen molar-refractivity contribution in [2.45, 2.75) is 19.4 Å². The van der Waals surface area contributed by atoms with Gasteiger partial charge in [0.1, 0.15) is 6.54 Å². The van der Waals surface area contributed by atoms with Gasteiger partial charge in [0.05, 0.1) is 26.9 Å². The molecule has 3 amide bonds. The minimum atomic E-state index is -0.523. The Hall–Kier alpha value is -2.97. The number of carbonyl (C=O) groups is 3. The molecule has 142 valence electrons. The Morgan fingerprint density at radius 3 is 2.62 bits per heavy atom. The Kier molecular flexibility index (Phi) is 6.65. The molecule has 0 radical (unpaired) electrons. The smallest absolute Gasteiger partial charge is 0.325 e. The average molecular weight is 365 g/mol. The van der Waals surface area contributed by atoms with Gasteiger partial charge in [-0.1, -0.05) is 0 Å². The molecule has 0 bridgehead atoms. The van der Waals surface area contributed by atoms with Gasteiger partial charge in [0.25, 0.3) is 0 Å². The fraction of sp³-hybridized carbons (Fsp3) is 0.471. The Balaban J connectivity index is 1.94. The van der Waals surface area contributed by atoms with Gasteiger partial charge in [-0.25, -0.2) is 4.79 Å². The number of anilines is 1. The molecule has 1 fully saturated rings. The number of rotatable bonds is 7. The Morgan fingerprint density at radius 1 is 1.23 bits per heavy atom. The van der Waals surface area contributed by atoms with E-state index in [4.69, 9.17) is 14.2 Å². The van der Waals surface area contributed by atoms with Crippen molar-refractivity contribution in [2.24, 2.45) is 0 Å². The second kappa shape index (κ2) is 8.93. The van der Waals surface area contributed by atoms with Crippen LogP contribution in [0.2, 0.25) is 0 Å². The van der Waals surface area contributed by atoms with E-state index in [1.54, 1.807) is 30.0 Å². The first-order valence-electron chi connectivity index (χ1n) is 8.20. The Morgan fingerprint density at radius 2 is 1.96 bits per heavy atom. The van der Waals surface area contributed by atoms with E-state index < -0.39 is 12.0 Å². The molecule has 0 spiro atoms. The number of nitrogens with zero attached hydrogens (tertiary/aromatic N) is 1. The van der Waals surface area contributed by atoms with Gasteiger partial charge < -0.3 is 29.7 Å². The molecule has 1 aliphatic heterocycles. The minimum Gasteiger partial charge on any atom is -0.493 e. The quantitative estimate of drug-likeness (QED) is 0.688. The predicted octanol–water partition coefficient (Wildman–Crippen LogP) is 0.671. The second-order valence-electron chi connectivity index (χ2n) is 5.58. The van der Waals surface area contributed by atoms with E-state index in [-0.39, 0.29) is 31.5 Å². The number of esters is 1. The number of methoxy groups -OCH3 is 2. The van der Waals surface area contributed by atoms with Crippen LogP contribution in [0.1, 0.15) is 13.3 Å². The molecule has 9 nitrogen and oxygen atoms in total. The highest BCUT2D eigenvalue weighted by Gasteiger charge is 2.32. The molecular weight excluding hydrogens is 342 g/mol. The van der Waals surface area contributed by atoms with Crippen molar-refractivity contribution >= 4 is 23.6 Å². The molecular formula is C17H23N3O6. The van der Waals surface area contributed by atoms with Gasteiger partial charge in [0.15, 0.2) is 11.5 Å². The highest BCUT2D eigenvalue weighted by atomic mass is 16.5. The summed E-state index contributed by atoms with van der Waals surface area (Å²) in [5.74, 6) is 0.447. The average Bonchev–Trinajstić information content (AvgIpc) is 2.99. The highest BCUT2D eigenvalue weighted by molar-refractivity contribution is 5.97. The summed E-state index contributed by atoms with van der Waals surface area (Å²) < 4.78 is 15.2. The zero-order valence-corrected chi connectivity index (χ0v) is 15.0. The molecule has 1 aromatic rings. The molecule has 26 heavy (non-hydrogen) atoms. The lowest BCUT2D eigenvalue weighted by Gasteiger charge is -2.19. The van der Waals surface area contributed by atoms with Crippen LogP contribution >= 0.6 is 0 Å². The molecule has 1 aromatic carbocycles. The third-order valence-corrected chi connectivity index (χ3v) is 3.84. The second-order valence-corrected chi connectivity index (χ2v) is 5.58. The highest BCUT2D eigenvalue weighted by Crippen LogP contribution is 2.33. The zero-order chi connectivity index (χ0) is 19.1. The molecule has 1 aliphatic rings. The number of urea groups is 1. The molecule has 2 rings (SSSR count). The number of nitrogens with one attached hydrogen (secondary N) is 2. The summed E-state index contributed by atoms with van der Waals surface area (Å²) in [6, 6.07) is 4.29. The number of amides is 3. The monoisotopic (exact) mass is 365 g/mol. The maximum atomic E-state index is 12.3. The molecule has 1 saturated heterocycles. The fourth-order valence-electron chi connectivity index (χ4n) is 2.65. The van der Waals surface area contributed by atoms with Crippen LogP contribution in [-0.4, -0.2) is 57.9 Å². The first-order chi connectivity index (χ1) is 12.5. The van der Waals surface area contributed by atoms with Gasteiger partial charge in [0, 0.05) is 24.7 Å². The maximum absolute atomic E-state index is 12.3. The molecule has 2 N–H and O–H groups in total. The Labute approximate surface area is 151 Å². The lowest BCUT2D eigenvalue weighted by molar-refractivity contribution is -0.141. The largest absolute Gasteiger partial charge is 0.493 e. The predicted molar refractivity (Wildman–Crippen MR) is 93.5 cm³/mol. The number of hydrogen-bond donors (Lipinski definition) is 2. The minimum absolute atomic E-state index is 0.118. The van der Waals surface area contributed by atoms with Crippen LogP contribution in [0.3, 0.4) is 0 Å². The summed E-state index contributed by atoms with van der Waals surface area (Å²) in [5, 5.41) is 5.09. The number of hydrogen-bond acceptors (Lipinski definition) is 6. The van der Waals surface area contributed by atoms with Crippen molar-refractivity contribution in [2.75, 3.05) is 38.8 Å². The van der Waals surface area contributed by atoms with E-state index >= 15 is 0 Å². The van der Waals surface area contributed by atoms with Crippen LogP contribution in [0.25, 0.3) is 0 Å². The van der Waals surface area contributed by atoms with Crippen LogP contribution in [0.5, 0.6) is 11.5 Å². The van der Waals surface area contributed by atoms with Crippen LogP contribution in [0.4, 0.5) is 10.5 Å². The molecule has 0 aromatic heterocycles. The van der Waals surface area contributed by atoms with Gasteiger partial charge >= 0.3 is 12.0 Å². The first-order valence-corrected chi connectivity index (χ1v) is 8.20. The van der Waals surface area contributed by atoms with E-state index in [1.165, 1.54) is 14.2 Å². The van der Waals surface area contributed by atoms with Crippen LogP contribution in [0, 0.1) is 0 Å². The van der Waals surface area contributed by atoms with E-state index in [0.717, 1.165) is 0 Å². The summed E-state index contributed by atoms with van der Waals surface area (Å²) in [7, 11) is 3.05.